The van der Waals surface area contributed by atoms with Gasteiger partial charge in [0.1, 0.15) is 0 Å². The predicted octanol–water partition coefficient (Wildman–Crippen LogP) is 4.82. The molecule has 0 radical (unpaired) electrons. The lowest BCUT2D eigenvalue weighted by Gasteiger charge is -2.08. The molecule has 0 aliphatic heterocycles. The van der Waals surface area contributed by atoms with Crippen LogP contribution >= 0.6 is 23.1 Å². The zero-order valence-corrected chi connectivity index (χ0v) is 18.7. The predicted molar refractivity (Wildman–Crippen MR) is 122 cm³/mol. The largest absolute Gasteiger partial charge is 0.355 e. The molecular formula is C22H28N4OS2. The van der Waals surface area contributed by atoms with Crippen LogP contribution < -0.4 is 5.32 Å². The van der Waals surface area contributed by atoms with Gasteiger partial charge in [-0.25, -0.2) is 0 Å². The topological polar surface area (TPSA) is 59.8 Å². The number of rotatable bonds is 11. The van der Waals surface area contributed by atoms with Gasteiger partial charge in [-0.3, -0.25) is 4.79 Å². The van der Waals surface area contributed by atoms with Gasteiger partial charge in [-0.2, -0.15) is 0 Å². The van der Waals surface area contributed by atoms with Crippen LogP contribution in [0.5, 0.6) is 0 Å². The summed E-state index contributed by atoms with van der Waals surface area (Å²) in [7, 11) is 0. The molecule has 3 rings (SSSR count). The average molecular weight is 429 g/mol. The smallest absolute Gasteiger partial charge is 0.230 e. The van der Waals surface area contributed by atoms with Crippen molar-refractivity contribution in [1.82, 2.24) is 20.1 Å². The molecular weight excluding hydrogens is 400 g/mol. The second kappa shape index (κ2) is 11.2. The number of thioether (sulfide) groups is 1. The van der Waals surface area contributed by atoms with E-state index < -0.39 is 0 Å². The van der Waals surface area contributed by atoms with Crippen molar-refractivity contribution in [3.05, 3.63) is 52.2 Å². The molecule has 0 aliphatic rings. The van der Waals surface area contributed by atoms with E-state index in [1.54, 1.807) is 11.3 Å². The summed E-state index contributed by atoms with van der Waals surface area (Å²) in [6, 6.07) is 12.4. The molecule has 0 aliphatic carbocycles. The van der Waals surface area contributed by atoms with E-state index in [-0.39, 0.29) is 5.91 Å². The molecule has 1 N–H and O–H groups in total. The van der Waals surface area contributed by atoms with E-state index in [0.29, 0.717) is 12.3 Å². The summed E-state index contributed by atoms with van der Waals surface area (Å²) >= 11 is 3.23. The highest BCUT2D eigenvalue weighted by Gasteiger charge is 2.16. The third kappa shape index (κ3) is 6.18. The molecule has 2 aromatic heterocycles. The van der Waals surface area contributed by atoms with E-state index >= 15 is 0 Å². The van der Waals surface area contributed by atoms with Crippen molar-refractivity contribution < 1.29 is 4.79 Å². The van der Waals surface area contributed by atoms with Gasteiger partial charge in [0, 0.05) is 28.9 Å². The molecule has 1 amide bonds. The Morgan fingerprint density at radius 2 is 1.97 bits per heavy atom. The normalized spacial score (nSPS) is 11.0. The number of carbonyl (C=O) groups is 1. The molecule has 3 aromatic rings. The zero-order chi connectivity index (χ0) is 20.5. The minimum absolute atomic E-state index is 0.0271. The van der Waals surface area contributed by atoms with Crippen molar-refractivity contribution >= 4 is 29.0 Å². The van der Waals surface area contributed by atoms with Crippen molar-refractivity contribution in [1.29, 1.82) is 0 Å². The van der Waals surface area contributed by atoms with Crippen molar-refractivity contribution in [3.8, 4) is 11.4 Å². The SMILES string of the molecule is CCCc1cc(-c2nnc(SCC(=O)NCCc3ccccc3)n2CCC)cs1. The first-order valence-electron chi connectivity index (χ1n) is 10.2. The van der Waals surface area contributed by atoms with Crippen LogP contribution in [0.25, 0.3) is 11.4 Å². The number of carbonyl (C=O) groups excluding carboxylic acids is 1. The van der Waals surface area contributed by atoms with Crippen molar-refractivity contribution in [2.24, 2.45) is 0 Å². The molecule has 0 unspecified atom stereocenters. The first-order chi connectivity index (χ1) is 14.2. The number of nitrogens with zero attached hydrogens (tertiary/aromatic N) is 3. The van der Waals surface area contributed by atoms with Gasteiger partial charge >= 0.3 is 0 Å². The summed E-state index contributed by atoms with van der Waals surface area (Å²) in [6.45, 7) is 5.83. The molecule has 0 saturated heterocycles. The minimum atomic E-state index is 0.0271. The van der Waals surface area contributed by atoms with Crippen LogP contribution in [0.4, 0.5) is 0 Å². The second-order valence-corrected chi connectivity index (χ2v) is 8.82. The van der Waals surface area contributed by atoms with Gasteiger partial charge in [0.05, 0.1) is 5.75 Å². The van der Waals surface area contributed by atoms with E-state index in [1.807, 2.05) is 18.2 Å². The lowest BCUT2D eigenvalue weighted by Crippen LogP contribution is -2.27. The number of aryl methyl sites for hydroxylation is 1. The number of thiophene rings is 1. The number of hydrogen-bond donors (Lipinski definition) is 1. The van der Waals surface area contributed by atoms with Crippen molar-refractivity contribution in [3.63, 3.8) is 0 Å². The Bertz CT molecular complexity index is 905. The number of benzene rings is 1. The Kier molecular flexibility index (Phi) is 8.31. The van der Waals surface area contributed by atoms with Crippen LogP contribution in [0.2, 0.25) is 0 Å². The van der Waals surface area contributed by atoms with E-state index in [9.17, 15) is 4.79 Å². The minimum Gasteiger partial charge on any atom is -0.355 e. The maximum absolute atomic E-state index is 12.2. The Hall–Kier alpha value is -2.12. The third-order valence-electron chi connectivity index (χ3n) is 4.48. The number of aromatic nitrogens is 3. The fraction of sp³-hybridized carbons (Fsp3) is 0.409. The highest BCUT2D eigenvalue weighted by molar-refractivity contribution is 7.99. The fourth-order valence-corrected chi connectivity index (χ4v) is 4.84. The molecule has 1 aromatic carbocycles. The summed E-state index contributed by atoms with van der Waals surface area (Å²) in [5.74, 6) is 1.28. The molecule has 0 bridgehead atoms. The van der Waals surface area contributed by atoms with Crippen LogP contribution in [0.1, 0.15) is 37.1 Å². The summed E-state index contributed by atoms with van der Waals surface area (Å²) in [6.07, 6.45) is 4.07. The molecule has 5 nitrogen and oxygen atoms in total. The Labute approximate surface area is 180 Å². The first kappa shape index (κ1) is 21.6. The van der Waals surface area contributed by atoms with Gasteiger partial charge in [0.2, 0.25) is 5.91 Å². The number of nitrogens with one attached hydrogen (secondary N) is 1. The van der Waals surface area contributed by atoms with E-state index in [0.717, 1.165) is 48.8 Å². The second-order valence-electron chi connectivity index (χ2n) is 6.88. The van der Waals surface area contributed by atoms with Crippen molar-refractivity contribution in [2.75, 3.05) is 12.3 Å². The van der Waals surface area contributed by atoms with Crippen LogP contribution in [0, 0.1) is 0 Å². The summed E-state index contributed by atoms with van der Waals surface area (Å²) < 4.78 is 2.14. The highest BCUT2D eigenvalue weighted by atomic mass is 32.2. The summed E-state index contributed by atoms with van der Waals surface area (Å²) in [5.41, 5.74) is 2.35. The Morgan fingerprint density at radius 3 is 2.72 bits per heavy atom. The number of amides is 1. The molecule has 0 fully saturated rings. The molecule has 154 valence electrons. The average Bonchev–Trinajstić information content (AvgIpc) is 3.35. The van der Waals surface area contributed by atoms with Crippen LogP contribution in [0.15, 0.2) is 46.9 Å². The molecule has 2 heterocycles. The highest BCUT2D eigenvalue weighted by Crippen LogP contribution is 2.28. The number of hydrogen-bond acceptors (Lipinski definition) is 5. The van der Waals surface area contributed by atoms with Gasteiger partial charge < -0.3 is 9.88 Å². The molecule has 0 saturated carbocycles. The van der Waals surface area contributed by atoms with Crippen LogP contribution in [-0.2, 0) is 24.2 Å². The van der Waals surface area contributed by atoms with E-state index in [4.69, 9.17) is 0 Å². The lowest BCUT2D eigenvalue weighted by atomic mass is 10.1. The molecule has 29 heavy (non-hydrogen) atoms. The standard InChI is InChI=1S/C22H28N4OS2/c1-3-8-19-14-18(15-28-19)21-24-25-22(26(21)13-4-2)29-16-20(27)23-12-11-17-9-6-5-7-10-17/h5-7,9-10,14-15H,3-4,8,11-13,16H2,1-2H3,(H,23,27). The lowest BCUT2D eigenvalue weighted by molar-refractivity contribution is -0.118. The summed E-state index contributed by atoms with van der Waals surface area (Å²) in [4.78, 5) is 13.6. The molecule has 7 heteroatoms. The van der Waals surface area contributed by atoms with Crippen LogP contribution in [-0.4, -0.2) is 33.0 Å². The monoisotopic (exact) mass is 428 g/mol. The zero-order valence-electron chi connectivity index (χ0n) is 17.1. The van der Waals surface area contributed by atoms with Crippen molar-refractivity contribution in [2.45, 2.75) is 51.2 Å². The van der Waals surface area contributed by atoms with E-state index in [1.165, 1.54) is 22.2 Å². The fourth-order valence-electron chi connectivity index (χ4n) is 3.08. The molecule has 0 atom stereocenters. The van der Waals surface area contributed by atoms with Crippen LogP contribution in [0.3, 0.4) is 0 Å². The first-order valence-corrected chi connectivity index (χ1v) is 12.0. The van der Waals surface area contributed by atoms with Gasteiger partial charge in [-0.05, 0) is 30.9 Å². The maximum atomic E-state index is 12.2. The Morgan fingerprint density at radius 1 is 1.14 bits per heavy atom. The Balaban J connectivity index is 1.57. The van der Waals surface area contributed by atoms with Gasteiger partial charge in [0.25, 0.3) is 0 Å². The maximum Gasteiger partial charge on any atom is 0.230 e. The van der Waals surface area contributed by atoms with E-state index in [2.05, 4.69) is 57.5 Å². The quantitative estimate of drug-likeness (QED) is 0.445. The van der Waals surface area contributed by atoms with Gasteiger partial charge in [-0.15, -0.1) is 21.5 Å². The molecule has 0 spiro atoms. The van der Waals surface area contributed by atoms with Gasteiger partial charge in [0.15, 0.2) is 11.0 Å². The third-order valence-corrected chi connectivity index (χ3v) is 6.45. The van der Waals surface area contributed by atoms with Gasteiger partial charge in [-0.1, -0.05) is 62.4 Å². The summed E-state index contributed by atoms with van der Waals surface area (Å²) in [5, 5.41) is 14.8.